The van der Waals surface area contributed by atoms with Crippen molar-refractivity contribution in [1.29, 1.82) is 0 Å². The second kappa shape index (κ2) is 14.4. The first-order chi connectivity index (χ1) is 9.65. The van der Waals surface area contributed by atoms with Crippen LogP contribution in [0.1, 0.15) is 64.7 Å². The third kappa shape index (κ3) is 11.2. The van der Waals surface area contributed by atoms with Crippen LogP contribution in [-0.2, 0) is 20.4 Å². The van der Waals surface area contributed by atoms with E-state index < -0.39 is 0 Å². The first-order valence-electron chi connectivity index (χ1n) is 8.03. The van der Waals surface area contributed by atoms with Gasteiger partial charge in [-0.05, 0) is 23.7 Å². The summed E-state index contributed by atoms with van der Waals surface area (Å²) in [6, 6.07) is 0. The maximum absolute atomic E-state index is 5.36. The Morgan fingerprint density at radius 3 is 1.80 bits per heavy atom. The summed E-state index contributed by atoms with van der Waals surface area (Å²) < 4.78 is 10.7. The second-order valence-electron chi connectivity index (χ2n) is 5.60. The van der Waals surface area contributed by atoms with E-state index >= 15 is 0 Å². The van der Waals surface area contributed by atoms with E-state index in [1.54, 1.807) is 14.2 Å². The quantitative estimate of drug-likeness (QED) is 0.208. The molecule has 4 heteroatoms. The lowest BCUT2D eigenvalue weighted by atomic mass is 10.1. The molecule has 2 radical (unpaired) electrons. The highest BCUT2D eigenvalue weighted by Gasteiger charge is 2.26. The van der Waals surface area contributed by atoms with Gasteiger partial charge in [0, 0.05) is 14.2 Å². The van der Waals surface area contributed by atoms with E-state index in [0.29, 0.717) is 10.9 Å². The summed E-state index contributed by atoms with van der Waals surface area (Å²) in [5, 5.41) is 0. The van der Waals surface area contributed by atoms with Gasteiger partial charge in [0.15, 0.2) is 9.52 Å². The van der Waals surface area contributed by atoms with E-state index in [0.717, 1.165) is 14.4 Å². The van der Waals surface area contributed by atoms with Crippen LogP contribution in [0.25, 0.3) is 0 Å². The van der Waals surface area contributed by atoms with Gasteiger partial charge in [-0.2, -0.15) is 0 Å². The van der Waals surface area contributed by atoms with Crippen LogP contribution in [0.5, 0.6) is 0 Å². The summed E-state index contributed by atoms with van der Waals surface area (Å²) in [6.07, 6.45) is 17.3. The fourth-order valence-corrected chi connectivity index (χ4v) is 5.31. The van der Waals surface area contributed by atoms with Crippen LogP contribution in [0.15, 0.2) is 0 Å². The van der Waals surface area contributed by atoms with Gasteiger partial charge in [0.05, 0.1) is 12.5 Å². The van der Waals surface area contributed by atoms with Crippen LogP contribution < -0.4 is 0 Å². The second-order valence-corrected chi connectivity index (χ2v) is 9.85. The first-order valence-corrected chi connectivity index (χ1v) is 11.3. The van der Waals surface area contributed by atoms with Crippen molar-refractivity contribution >= 4 is 20.4 Å². The van der Waals surface area contributed by atoms with Crippen molar-refractivity contribution in [1.82, 2.24) is 0 Å². The molecule has 2 nitrogen and oxygen atoms in total. The van der Waals surface area contributed by atoms with Crippen molar-refractivity contribution in [2.45, 2.75) is 75.5 Å². The lowest BCUT2D eigenvalue weighted by molar-refractivity contribution is -0.0443. The molecule has 1 atom stereocenters. The molecule has 0 saturated heterocycles. The fourth-order valence-electron chi connectivity index (χ4n) is 2.30. The molecule has 0 amide bonds. The Morgan fingerprint density at radius 2 is 1.35 bits per heavy atom. The summed E-state index contributed by atoms with van der Waals surface area (Å²) in [5.41, 5.74) is 0. The van der Waals surface area contributed by atoms with Gasteiger partial charge in [-0.1, -0.05) is 51.9 Å². The molecule has 0 aliphatic carbocycles. The number of hydrogen-bond acceptors (Lipinski definition) is 2. The Morgan fingerprint density at radius 1 is 0.850 bits per heavy atom. The van der Waals surface area contributed by atoms with Crippen LogP contribution in [0.4, 0.5) is 0 Å². The maximum atomic E-state index is 5.36. The van der Waals surface area contributed by atoms with Gasteiger partial charge in [-0.3, -0.25) is 0 Å². The Bertz CT molecular complexity index is 199. The summed E-state index contributed by atoms with van der Waals surface area (Å²) >= 11 is 0. The number of rotatable bonds is 14. The largest absolute Gasteiger partial charge is 0.360 e. The number of hydrogen-bond donors (Lipinski definition) is 0. The van der Waals surface area contributed by atoms with Gasteiger partial charge >= 0.3 is 0 Å². The molecule has 0 aliphatic heterocycles. The lowest BCUT2D eigenvalue weighted by Crippen LogP contribution is -2.36. The normalized spacial score (nSPS) is 13.3. The lowest BCUT2D eigenvalue weighted by Gasteiger charge is -2.18. The molecule has 0 aliphatic rings. The van der Waals surface area contributed by atoms with Gasteiger partial charge in [0.2, 0.25) is 0 Å². The topological polar surface area (TPSA) is 18.5 Å². The molecule has 0 N–H and O–H groups in total. The predicted octanol–water partition coefficient (Wildman–Crippen LogP) is 4.00. The molecule has 0 aromatic rings. The summed E-state index contributed by atoms with van der Waals surface area (Å²) in [4.78, 5) is 0.778. The molecular formula is C16H35O2SSi+. The van der Waals surface area contributed by atoms with Crippen molar-refractivity contribution in [2.75, 3.05) is 26.7 Å². The van der Waals surface area contributed by atoms with Crippen molar-refractivity contribution < 1.29 is 9.47 Å². The van der Waals surface area contributed by atoms with E-state index in [-0.39, 0.29) is 5.91 Å². The summed E-state index contributed by atoms with van der Waals surface area (Å²) in [5.74, 6) is 0.00365. The smallest absolute Gasteiger partial charge is 0.187 e. The van der Waals surface area contributed by atoms with E-state index in [9.17, 15) is 0 Å². The van der Waals surface area contributed by atoms with Crippen LogP contribution >= 0.6 is 0 Å². The number of methoxy groups -OCH3 is 2. The summed E-state index contributed by atoms with van der Waals surface area (Å²) in [7, 11) is 4.73. The van der Waals surface area contributed by atoms with Gasteiger partial charge < -0.3 is 9.47 Å². The molecular weight excluding hydrogens is 284 g/mol. The van der Waals surface area contributed by atoms with E-state index in [4.69, 9.17) is 9.47 Å². The Kier molecular flexibility index (Phi) is 14.8. The molecule has 120 valence electrons. The Hall–Kier alpha value is 0.487. The first kappa shape index (κ1) is 20.5. The molecule has 0 rings (SSSR count). The van der Waals surface area contributed by atoms with Crippen molar-refractivity contribution in [3.05, 3.63) is 0 Å². The average molecular weight is 320 g/mol. The standard InChI is InChI=1S/C16H35O2SSi/c1-6-7-8-9-10-11-12-13-14-15(19(4)5)20-16(17-2)18-3/h15-16H,6-14H2,1-5H3/q+1. The van der Waals surface area contributed by atoms with E-state index in [1.165, 1.54) is 57.8 Å². The predicted molar refractivity (Wildman–Crippen MR) is 93.8 cm³/mol. The van der Waals surface area contributed by atoms with Crippen LogP contribution in [0.2, 0.25) is 0 Å². The third-order valence-electron chi connectivity index (χ3n) is 3.64. The Labute approximate surface area is 132 Å². The van der Waals surface area contributed by atoms with Crippen molar-refractivity contribution in [3.63, 3.8) is 0 Å². The molecule has 0 aromatic heterocycles. The molecule has 0 spiro atoms. The minimum atomic E-state index is 0.00365. The van der Waals surface area contributed by atoms with Gasteiger partial charge in [0.25, 0.3) is 0 Å². The highest BCUT2D eigenvalue weighted by Crippen LogP contribution is 2.14. The SMILES string of the molecule is CCCCCCCCCCC([Si]C(OC)OC)[S+](C)C. The molecule has 0 heterocycles. The number of unbranched alkanes of at least 4 members (excludes halogenated alkanes) is 7. The minimum Gasteiger partial charge on any atom is -0.360 e. The zero-order valence-corrected chi connectivity index (χ0v) is 16.1. The van der Waals surface area contributed by atoms with Gasteiger partial charge in [-0.15, -0.1) is 0 Å². The highest BCUT2D eigenvalue weighted by molar-refractivity contribution is 7.97. The number of ether oxygens (including phenoxy) is 2. The van der Waals surface area contributed by atoms with E-state index in [1.807, 2.05) is 0 Å². The minimum absolute atomic E-state index is 0.00365. The molecule has 1 unspecified atom stereocenters. The van der Waals surface area contributed by atoms with E-state index in [2.05, 4.69) is 19.4 Å². The Balaban J connectivity index is 3.65. The monoisotopic (exact) mass is 319 g/mol. The van der Waals surface area contributed by atoms with Gasteiger partial charge in [0.1, 0.15) is 10.8 Å². The molecule has 0 fully saturated rings. The zero-order chi connectivity index (χ0) is 15.2. The third-order valence-corrected chi connectivity index (χ3v) is 8.24. The fraction of sp³-hybridized carbons (Fsp3) is 1.00. The summed E-state index contributed by atoms with van der Waals surface area (Å²) in [6.45, 7) is 2.28. The van der Waals surface area contributed by atoms with Gasteiger partial charge in [-0.25, -0.2) is 0 Å². The zero-order valence-electron chi connectivity index (χ0n) is 14.2. The molecule has 20 heavy (non-hydrogen) atoms. The van der Waals surface area contributed by atoms with Crippen molar-refractivity contribution in [2.24, 2.45) is 0 Å². The average Bonchev–Trinajstić information content (AvgIpc) is 2.44. The van der Waals surface area contributed by atoms with Crippen molar-refractivity contribution in [3.8, 4) is 0 Å². The maximum Gasteiger partial charge on any atom is 0.187 e. The van der Waals surface area contributed by atoms with Crippen LogP contribution in [0, 0.1) is 0 Å². The molecule has 0 aromatic carbocycles. The molecule has 0 saturated carbocycles. The van der Waals surface area contributed by atoms with Crippen LogP contribution in [-0.4, -0.2) is 47.0 Å². The van der Waals surface area contributed by atoms with Crippen LogP contribution in [0.3, 0.4) is 0 Å². The molecule has 0 bridgehead atoms. The highest BCUT2D eigenvalue weighted by atomic mass is 32.2.